The van der Waals surface area contributed by atoms with Gasteiger partial charge in [0.2, 0.25) is 0 Å². The summed E-state index contributed by atoms with van der Waals surface area (Å²) in [4.78, 5) is 25.4. The van der Waals surface area contributed by atoms with Crippen molar-refractivity contribution in [3.8, 4) is 17.9 Å². The Morgan fingerprint density at radius 1 is 1.21 bits per heavy atom. The van der Waals surface area contributed by atoms with E-state index in [2.05, 4.69) is 28.4 Å². The monoisotopic (exact) mass is 665 g/mol. The maximum Gasteiger partial charge on any atom is 0.418 e. The number of anilines is 2. The SMILES string of the molecule is C=C1CN2CCC[C@@]2(COc2nc3c(c(N4CCCn5nc(C=O)cc5C4)n2)CO[C@@H](c2c(F)c(N)cc(C#CC)c2C(F)(F)F)C3)C1. The van der Waals surface area contributed by atoms with Crippen molar-refractivity contribution >= 4 is 17.8 Å². The number of hydrogen-bond acceptors (Lipinski definition) is 9. The number of fused-ring (bicyclic) bond motifs is 3. The molecule has 6 heterocycles. The van der Waals surface area contributed by atoms with Crippen molar-refractivity contribution in [1.82, 2.24) is 24.6 Å². The van der Waals surface area contributed by atoms with Crippen molar-refractivity contribution in [1.29, 1.82) is 0 Å². The van der Waals surface area contributed by atoms with Crippen molar-refractivity contribution in [3.63, 3.8) is 0 Å². The van der Waals surface area contributed by atoms with Gasteiger partial charge in [-0.15, -0.1) is 5.92 Å². The largest absolute Gasteiger partial charge is 0.461 e. The van der Waals surface area contributed by atoms with Crippen molar-refractivity contribution in [2.24, 2.45) is 0 Å². The number of carbonyl (C=O) groups is 1. The van der Waals surface area contributed by atoms with Crippen LogP contribution in [0.2, 0.25) is 0 Å². The van der Waals surface area contributed by atoms with E-state index in [0.29, 0.717) is 61.7 Å². The van der Waals surface area contributed by atoms with Gasteiger partial charge in [0.15, 0.2) is 12.1 Å². The molecule has 4 aliphatic heterocycles. The summed E-state index contributed by atoms with van der Waals surface area (Å²) in [5, 5.41) is 4.36. The van der Waals surface area contributed by atoms with Gasteiger partial charge in [0.25, 0.3) is 0 Å². The minimum absolute atomic E-state index is 0.0797. The van der Waals surface area contributed by atoms with Gasteiger partial charge in [-0.3, -0.25) is 14.4 Å². The van der Waals surface area contributed by atoms with Crippen molar-refractivity contribution < 1.29 is 31.8 Å². The summed E-state index contributed by atoms with van der Waals surface area (Å²) in [5.41, 5.74) is 6.11. The third-order valence-electron chi connectivity index (χ3n) is 9.71. The summed E-state index contributed by atoms with van der Waals surface area (Å²) in [6, 6.07) is 2.71. The highest BCUT2D eigenvalue weighted by Crippen LogP contribution is 2.45. The second kappa shape index (κ2) is 12.2. The molecule has 2 fully saturated rings. The highest BCUT2D eigenvalue weighted by atomic mass is 19.4. The molecule has 0 aliphatic carbocycles. The number of aromatic nitrogens is 4. The number of rotatable bonds is 6. The van der Waals surface area contributed by atoms with Crippen LogP contribution in [0, 0.1) is 17.7 Å². The molecule has 7 rings (SSSR count). The fourth-order valence-electron chi connectivity index (χ4n) is 7.65. The van der Waals surface area contributed by atoms with Gasteiger partial charge in [0, 0.05) is 42.7 Å². The van der Waals surface area contributed by atoms with E-state index in [1.54, 1.807) is 10.7 Å². The van der Waals surface area contributed by atoms with Crippen LogP contribution in [-0.2, 0) is 37.0 Å². The smallest absolute Gasteiger partial charge is 0.418 e. The summed E-state index contributed by atoms with van der Waals surface area (Å²) in [7, 11) is 0. The van der Waals surface area contributed by atoms with E-state index in [-0.39, 0.29) is 24.6 Å². The molecule has 2 saturated heterocycles. The van der Waals surface area contributed by atoms with E-state index in [0.717, 1.165) is 49.7 Å². The number of ether oxygens (including phenoxy) is 2. The first-order valence-corrected chi connectivity index (χ1v) is 15.9. The molecular formula is C34H35F4N7O3. The number of nitrogens with zero attached hydrogens (tertiary/aromatic N) is 6. The summed E-state index contributed by atoms with van der Waals surface area (Å²) >= 11 is 0. The number of nitrogens with two attached hydrogens (primary N) is 1. The minimum Gasteiger partial charge on any atom is -0.461 e. The maximum atomic E-state index is 15.6. The van der Waals surface area contributed by atoms with Crippen LogP contribution < -0.4 is 15.4 Å². The first-order valence-electron chi connectivity index (χ1n) is 15.9. The average Bonchev–Trinajstić information content (AvgIpc) is 3.67. The van der Waals surface area contributed by atoms with Crippen molar-refractivity contribution in [2.45, 2.75) is 76.5 Å². The highest BCUT2D eigenvalue weighted by molar-refractivity contribution is 5.71. The molecule has 252 valence electrons. The van der Waals surface area contributed by atoms with Gasteiger partial charge in [0.1, 0.15) is 18.1 Å². The number of nitrogen functional groups attached to an aromatic ring is 1. The Labute approximate surface area is 274 Å². The van der Waals surface area contributed by atoms with Gasteiger partial charge in [-0.1, -0.05) is 18.1 Å². The van der Waals surface area contributed by atoms with Crippen LogP contribution in [0.5, 0.6) is 6.01 Å². The number of halogens is 4. The molecule has 1 aromatic carbocycles. The lowest BCUT2D eigenvalue weighted by Gasteiger charge is -2.33. The molecule has 2 N–H and O–H groups in total. The van der Waals surface area contributed by atoms with E-state index >= 15 is 4.39 Å². The molecule has 48 heavy (non-hydrogen) atoms. The van der Waals surface area contributed by atoms with E-state index in [9.17, 15) is 18.0 Å². The number of carbonyl (C=O) groups excluding carboxylic acids is 1. The molecule has 0 spiro atoms. The minimum atomic E-state index is -4.93. The molecule has 10 nitrogen and oxygen atoms in total. The Hall–Kier alpha value is -4.48. The normalized spacial score (nSPS) is 22.4. The quantitative estimate of drug-likeness (QED) is 0.128. The average molecular weight is 666 g/mol. The number of aldehydes is 1. The fraction of sp³-hybridized carbons (Fsp3) is 0.471. The van der Waals surface area contributed by atoms with Gasteiger partial charge < -0.3 is 20.1 Å². The number of aryl methyl sites for hydroxylation is 1. The maximum absolute atomic E-state index is 15.6. The zero-order chi connectivity index (χ0) is 33.8. The van der Waals surface area contributed by atoms with Gasteiger partial charge in [-0.25, -0.2) is 4.39 Å². The first kappa shape index (κ1) is 32.1. The Morgan fingerprint density at radius 2 is 2.04 bits per heavy atom. The summed E-state index contributed by atoms with van der Waals surface area (Å²) in [5.74, 6) is 4.21. The van der Waals surface area contributed by atoms with Gasteiger partial charge >= 0.3 is 12.2 Å². The molecule has 2 aromatic heterocycles. The third kappa shape index (κ3) is 5.68. The Kier molecular flexibility index (Phi) is 8.15. The lowest BCUT2D eigenvalue weighted by atomic mass is 9.91. The number of benzene rings is 1. The molecule has 14 heteroatoms. The highest BCUT2D eigenvalue weighted by Gasteiger charge is 2.47. The second-order valence-corrected chi connectivity index (χ2v) is 12.9. The van der Waals surface area contributed by atoms with E-state index < -0.39 is 40.5 Å². The molecule has 4 aliphatic rings. The van der Waals surface area contributed by atoms with Crippen LogP contribution in [0.15, 0.2) is 24.3 Å². The molecule has 3 aromatic rings. The Morgan fingerprint density at radius 3 is 2.81 bits per heavy atom. The lowest BCUT2D eigenvalue weighted by molar-refractivity contribution is -0.140. The van der Waals surface area contributed by atoms with Crippen LogP contribution in [0.25, 0.3) is 0 Å². The summed E-state index contributed by atoms with van der Waals surface area (Å²) < 4.78 is 73.3. The predicted octanol–water partition coefficient (Wildman–Crippen LogP) is 4.99. The molecule has 0 amide bonds. The molecule has 0 bridgehead atoms. The number of hydrogen-bond donors (Lipinski definition) is 1. The van der Waals surface area contributed by atoms with Crippen LogP contribution in [-0.4, -0.2) is 62.7 Å². The standard InChI is InChI=1S/C34H35F4N7O3/c1-3-6-21-11-25(39)30(35)28(29(21)34(36,37)38)27-13-26-24(18-47-27)31(43-8-5-10-45-23(16-43)12-22(17-46)42-45)41-32(40-26)48-19-33-7-4-9-44(33)15-20(2)14-33/h11-12,17,27H,2,4-5,7-10,13-16,18-19,39H2,1H3/t27-,33+/m1/s1. The van der Waals surface area contributed by atoms with E-state index in [1.807, 2.05) is 4.90 Å². The zero-order valence-corrected chi connectivity index (χ0v) is 26.5. The van der Waals surface area contributed by atoms with E-state index in [4.69, 9.17) is 25.2 Å². The van der Waals surface area contributed by atoms with Crippen LogP contribution in [0.1, 0.15) is 82.8 Å². The van der Waals surface area contributed by atoms with Crippen molar-refractivity contribution in [2.75, 3.05) is 36.9 Å². The van der Waals surface area contributed by atoms with Gasteiger partial charge in [-0.2, -0.15) is 28.2 Å². The summed E-state index contributed by atoms with van der Waals surface area (Å²) in [6.45, 7) is 9.01. The topological polar surface area (TPSA) is 112 Å². The predicted molar refractivity (Wildman–Crippen MR) is 168 cm³/mol. The molecule has 0 unspecified atom stereocenters. The van der Waals surface area contributed by atoms with Crippen molar-refractivity contribution in [3.05, 3.63) is 69.4 Å². The fourth-order valence-corrected chi connectivity index (χ4v) is 7.65. The third-order valence-corrected chi connectivity index (χ3v) is 9.71. The van der Waals surface area contributed by atoms with E-state index in [1.165, 1.54) is 6.92 Å². The molecular weight excluding hydrogens is 630 g/mol. The lowest BCUT2D eigenvalue weighted by Crippen LogP contribution is -2.43. The molecule has 0 saturated carbocycles. The van der Waals surface area contributed by atoms with Crippen LogP contribution in [0.4, 0.5) is 29.1 Å². The zero-order valence-electron chi connectivity index (χ0n) is 26.5. The Bertz CT molecular complexity index is 1860. The molecule has 0 radical (unpaired) electrons. The number of alkyl halides is 3. The van der Waals surface area contributed by atoms with Crippen LogP contribution >= 0.6 is 0 Å². The molecule has 2 atom stereocenters. The van der Waals surface area contributed by atoms with Crippen LogP contribution in [0.3, 0.4) is 0 Å². The van der Waals surface area contributed by atoms with Gasteiger partial charge in [-0.05, 0) is 51.3 Å². The summed E-state index contributed by atoms with van der Waals surface area (Å²) in [6.07, 6.45) is -2.30. The van der Waals surface area contributed by atoms with Gasteiger partial charge in [0.05, 0.1) is 47.4 Å². The Balaban J connectivity index is 1.29. The second-order valence-electron chi connectivity index (χ2n) is 12.9. The first-order chi connectivity index (χ1) is 23.0.